The molecule has 0 aliphatic rings. The Labute approximate surface area is 183 Å². The van der Waals surface area contributed by atoms with Crippen LogP contribution in [0.25, 0.3) is 0 Å². The third-order valence-electron chi connectivity index (χ3n) is 4.34. The molecule has 2 aromatic carbocycles. The fraction of sp³-hybridized carbons (Fsp3) is 0.350. The SMILES string of the molecule is COc1cc(CNCCSc2nnnn2C)cc(Br)c1OCc1ccccc1C. The number of hydrogen-bond donors (Lipinski definition) is 1. The number of nitrogens with one attached hydrogen (secondary N) is 1. The molecule has 3 aromatic rings. The highest BCUT2D eigenvalue weighted by atomic mass is 79.9. The Morgan fingerprint density at radius 1 is 1.24 bits per heavy atom. The Hall–Kier alpha value is -2.10. The average molecular weight is 478 g/mol. The molecule has 154 valence electrons. The van der Waals surface area contributed by atoms with Gasteiger partial charge in [0.1, 0.15) is 6.61 Å². The van der Waals surface area contributed by atoms with E-state index in [2.05, 4.69) is 61.9 Å². The van der Waals surface area contributed by atoms with E-state index in [1.54, 1.807) is 23.6 Å². The lowest BCUT2D eigenvalue weighted by molar-refractivity contribution is 0.281. The zero-order valence-corrected chi connectivity index (χ0v) is 19.1. The number of hydrogen-bond acceptors (Lipinski definition) is 7. The van der Waals surface area contributed by atoms with Crippen molar-refractivity contribution in [2.45, 2.75) is 25.2 Å². The van der Waals surface area contributed by atoms with Crippen LogP contribution in [-0.2, 0) is 20.2 Å². The first-order chi connectivity index (χ1) is 14.1. The van der Waals surface area contributed by atoms with Crippen LogP contribution in [0.4, 0.5) is 0 Å². The lowest BCUT2D eigenvalue weighted by Crippen LogP contribution is -2.17. The summed E-state index contributed by atoms with van der Waals surface area (Å²) in [6, 6.07) is 12.3. The summed E-state index contributed by atoms with van der Waals surface area (Å²) in [6.45, 7) is 4.14. The van der Waals surface area contributed by atoms with Gasteiger partial charge in [0, 0.05) is 25.9 Å². The number of ether oxygens (including phenoxy) is 2. The number of thioether (sulfide) groups is 1. The highest BCUT2D eigenvalue weighted by molar-refractivity contribution is 9.10. The van der Waals surface area contributed by atoms with Gasteiger partial charge in [0.05, 0.1) is 11.6 Å². The molecule has 0 spiro atoms. The lowest BCUT2D eigenvalue weighted by atomic mass is 10.1. The molecular weight excluding hydrogens is 454 g/mol. The molecule has 9 heteroatoms. The van der Waals surface area contributed by atoms with E-state index >= 15 is 0 Å². The van der Waals surface area contributed by atoms with E-state index in [0.717, 1.165) is 39.6 Å². The molecule has 0 saturated carbocycles. The number of benzene rings is 2. The predicted octanol–water partition coefficient (Wildman–Crippen LogP) is 3.75. The van der Waals surface area contributed by atoms with Crippen molar-refractivity contribution in [2.24, 2.45) is 7.05 Å². The Balaban J connectivity index is 1.55. The molecule has 0 bridgehead atoms. The average Bonchev–Trinajstić information content (AvgIpc) is 3.12. The third kappa shape index (κ3) is 5.94. The van der Waals surface area contributed by atoms with Crippen molar-refractivity contribution >= 4 is 27.7 Å². The van der Waals surface area contributed by atoms with Crippen molar-refractivity contribution in [3.63, 3.8) is 0 Å². The molecular formula is C20H24BrN5O2S. The van der Waals surface area contributed by atoms with Gasteiger partial charge in [-0.1, -0.05) is 36.0 Å². The van der Waals surface area contributed by atoms with E-state index < -0.39 is 0 Å². The van der Waals surface area contributed by atoms with Gasteiger partial charge in [0.25, 0.3) is 0 Å². The van der Waals surface area contributed by atoms with Crippen LogP contribution in [0.3, 0.4) is 0 Å². The van der Waals surface area contributed by atoms with Crippen molar-refractivity contribution in [3.8, 4) is 11.5 Å². The molecule has 0 fully saturated rings. The standard InChI is InChI=1S/C20H24BrN5O2S/c1-14-6-4-5-7-16(14)13-28-19-17(21)10-15(11-18(19)27-3)12-22-8-9-29-20-23-24-25-26(20)2/h4-7,10-11,22H,8-9,12-13H2,1-3H3. The Bertz CT molecular complexity index is 950. The van der Waals surface area contributed by atoms with Gasteiger partial charge in [-0.3, -0.25) is 0 Å². The third-order valence-corrected chi connectivity index (χ3v) is 5.94. The van der Waals surface area contributed by atoms with Crippen molar-refractivity contribution in [1.29, 1.82) is 0 Å². The second-order valence-corrected chi connectivity index (χ2v) is 8.35. The molecule has 7 nitrogen and oxygen atoms in total. The van der Waals surface area contributed by atoms with Crippen LogP contribution < -0.4 is 14.8 Å². The largest absolute Gasteiger partial charge is 0.493 e. The molecule has 3 rings (SSSR count). The van der Waals surface area contributed by atoms with Crippen LogP contribution in [-0.4, -0.2) is 39.6 Å². The molecule has 1 heterocycles. The summed E-state index contributed by atoms with van der Waals surface area (Å²) >= 11 is 5.24. The van der Waals surface area contributed by atoms with Crippen molar-refractivity contribution in [2.75, 3.05) is 19.4 Å². The Morgan fingerprint density at radius 2 is 2.07 bits per heavy atom. The van der Waals surface area contributed by atoms with Crippen LogP contribution in [0.2, 0.25) is 0 Å². The molecule has 1 N–H and O–H groups in total. The second kappa shape index (κ2) is 10.6. The molecule has 0 atom stereocenters. The summed E-state index contributed by atoms with van der Waals surface area (Å²) < 4.78 is 14.2. The van der Waals surface area contributed by atoms with E-state index in [1.165, 1.54) is 5.56 Å². The zero-order chi connectivity index (χ0) is 20.6. The molecule has 0 amide bonds. The first kappa shape index (κ1) is 21.6. The zero-order valence-electron chi connectivity index (χ0n) is 16.7. The monoisotopic (exact) mass is 477 g/mol. The van der Waals surface area contributed by atoms with Crippen molar-refractivity contribution in [3.05, 3.63) is 57.6 Å². The minimum atomic E-state index is 0.493. The molecule has 0 aliphatic carbocycles. The normalized spacial score (nSPS) is 10.9. The van der Waals surface area contributed by atoms with E-state index in [-0.39, 0.29) is 0 Å². The number of nitrogens with zero attached hydrogens (tertiary/aromatic N) is 4. The van der Waals surface area contributed by atoms with Crippen molar-refractivity contribution < 1.29 is 9.47 Å². The molecule has 1 aromatic heterocycles. The summed E-state index contributed by atoms with van der Waals surface area (Å²) in [5, 5.41) is 15.7. The van der Waals surface area contributed by atoms with Crippen LogP contribution in [0.1, 0.15) is 16.7 Å². The second-order valence-electron chi connectivity index (χ2n) is 6.43. The maximum atomic E-state index is 6.06. The van der Waals surface area contributed by atoms with Crippen LogP contribution >= 0.6 is 27.7 Å². The first-order valence-electron chi connectivity index (χ1n) is 9.18. The Morgan fingerprint density at radius 3 is 2.79 bits per heavy atom. The fourth-order valence-corrected chi connectivity index (χ4v) is 4.08. The van der Waals surface area contributed by atoms with Gasteiger partial charge >= 0.3 is 0 Å². The Kier molecular flexibility index (Phi) is 7.91. The van der Waals surface area contributed by atoms with Crippen LogP contribution in [0, 0.1) is 6.92 Å². The fourth-order valence-electron chi connectivity index (χ4n) is 2.73. The highest BCUT2D eigenvalue weighted by Gasteiger charge is 2.12. The van der Waals surface area contributed by atoms with Gasteiger partial charge in [0.15, 0.2) is 11.5 Å². The predicted molar refractivity (Wildman–Crippen MR) is 117 cm³/mol. The number of methoxy groups -OCH3 is 1. The van der Waals surface area contributed by atoms with Gasteiger partial charge in [-0.05, 0) is 62.1 Å². The van der Waals surface area contributed by atoms with Crippen molar-refractivity contribution in [1.82, 2.24) is 25.5 Å². The number of aromatic nitrogens is 4. The van der Waals surface area contributed by atoms with E-state index in [4.69, 9.17) is 9.47 Å². The van der Waals surface area contributed by atoms with Gasteiger partial charge in [-0.25, -0.2) is 4.68 Å². The molecule has 0 aliphatic heterocycles. The minimum absolute atomic E-state index is 0.493. The summed E-state index contributed by atoms with van der Waals surface area (Å²) in [4.78, 5) is 0. The lowest BCUT2D eigenvalue weighted by Gasteiger charge is -2.15. The van der Waals surface area contributed by atoms with Gasteiger partial charge < -0.3 is 14.8 Å². The number of tetrazole rings is 1. The van der Waals surface area contributed by atoms with Crippen LogP contribution in [0.15, 0.2) is 46.0 Å². The number of rotatable bonds is 10. The van der Waals surface area contributed by atoms with E-state index in [9.17, 15) is 0 Å². The molecule has 0 radical (unpaired) electrons. The van der Waals surface area contributed by atoms with E-state index in [0.29, 0.717) is 18.1 Å². The smallest absolute Gasteiger partial charge is 0.209 e. The maximum Gasteiger partial charge on any atom is 0.209 e. The highest BCUT2D eigenvalue weighted by Crippen LogP contribution is 2.37. The number of aryl methyl sites for hydroxylation is 2. The topological polar surface area (TPSA) is 74.1 Å². The summed E-state index contributed by atoms with van der Waals surface area (Å²) in [5.74, 6) is 2.30. The number of halogens is 1. The summed E-state index contributed by atoms with van der Waals surface area (Å²) in [5.41, 5.74) is 3.48. The maximum absolute atomic E-state index is 6.06. The summed E-state index contributed by atoms with van der Waals surface area (Å²) in [7, 11) is 3.49. The molecule has 0 unspecified atom stereocenters. The molecule has 29 heavy (non-hydrogen) atoms. The van der Waals surface area contributed by atoms with Gasteiger partial charge in [-0.15, -0.1) is 5.10 Å². The molecule has 0 saturated heterocycles. The quantitative estimate of drug-likeness (QED) is 0.352. The first-order valence-corrected chi connectivity index (χ1v) is 11.0. The van der Waals surface area contributed by atoms with Gasteiger partial charge in [-0.2, -0.15) is 0 Å². The minimum Gasteiger partial charge on any atom is -0.493 e. The van der Waals surface area contributed by atoms with Crippen LogP contribution in [0.5, 0.6) is 11.5 Å². The van der Waals surface area contributed by atoms with E-state index in [1.807, 2.05) is 25.2 Å². The van der Waals surface area contributed by atoms with Gasteiger partial charge in [0.2, 0.25) is 5.16 Å². The summed E-state index contributed by atoms with van der Waals surface area (Å²) in [6.07, 6.45) is 0.